The summed E-state index contributed by atoms with van der Waals surface area (Å²) in [4.78, 5) is 12.4. The van der Waals surface area contributed by atoms with Crippen LogP contribution in [0.5, 0.6) is 28.7 Å². The highest BCUT2D eigenvalue weighted by Gasteiger charge is 2.51. The van der Waals surface area contributed by atoms with Crippen LogP contribution < -0.4 is 9.47 Å². The monoisotopic (exact) mass is 334 g/mol. The van der Waals surface area contributed by atoms with E-state index in [1.54, 1.807) is 0 Å². The van der Waals surface area contributed by atoms with Crippen molar-refractivity contribution in [1.29, 1.82) is 0 Å². The Morgan fingerprint density at radius 1 is 1.04 bits per heavy atom. The second-order valence-electron chi connectivity index (χ2n) is 5.32. The van der Waals surface area contributed by atoms with Crippen molar-refractivity contribution >= 4 is 5.78 Å². The molecule has 2 aromatic rings. The number of hydrogen-bond acceptors (Lipinski definition) is 8. The summed E-state index contributed by atoms with van der Waals surface area (Å²) in [5, 5.41) is 49.3. The molecular formula is C16H14O8. The minimum Gasteiger partial charge on any atom is -0.507 e. The molecule has 5 N–H and O–H groups in total. The summed E-state index contributed by atoms with van der Waals surface area (Å²) in [6, 6.07) is 5.88. The third-order valence-corrected chi connectivity index (χ3v) is 3.76. The van der Waals surface area contributed by atoms with E-state index < -0.39 is 34.9 Å². The van der Waals surface area contributed by atoms with Crippen LogP contribution in [0.4, 0.5) is 0 Å². The quantitative estimate of drug-likeness (QED) is 0.402. The van der Waals surface area contributed by atoms with Gasteiger partial charge in [0, 0.05) is 17.7 Å². The van der Waals surface area contributed by atoms with Crippen LogP contribution in [0.3, 0.4) is 0 Å². The van der Waals surface area contributed by atoms with Gasteiger partial charge in [0.25, 0.3) is 5.79 Å². The molecule has 0 fully saturated rings. The van der Waals surface area contributed by atoms with Crippen molar-refractivity contribution in [3.8, 4) is 28.7 Å². The Labute approximate surface area is 135 Å². The number of aromatic hydroxyl groups is 3. The summed E-state index contributed by atoms with van der Waals surface area (Å²) in [6.07, 6.45) is -1.59. The molecule has 2 aromatic carbocycles. The number of carbonyl (C=O) groups excluding carboxylic acids is 1. The van der Waals surface area contributed by atoms with E-state index in [0.717, 1.165) is 18.2 Å². The molecule has 1 unspecified atom stereocenters. The minimum absolute atomic E-state index is 0.0385. The van der Waals surface area contributed by atoms with Gasteiger partial charge in [0.05, 0.1) is 7.11 Å². The van der Waals surface area contributed by atoms with E-state index in [2.05, 4.69) is 0 Å². The molecule has 1 atom stereocenters. The van der Waals surface area contributed by atoms with E-state index in [-0.39, 0.29) is 22.6 Å². The molecule has 1 heterocycles. The van der Waals surface area contributed by atoms with Crippen LogP contribution in [0.25, 0.3) is 0 Å². The number of fused-ring (bicyclic) bond motifs is 1. The Morgan fingerprint density at radius 2 is 1.75 bits per heavy atom. The van der Waals surface area contributed by atoms with E-state index >= 15 is 0 Å². The number of Topliss-reactive ketones (excluding diaryl/α,β-unsaturated/α-hetero) is 1. The average molecular weight is 334 g/mol. The third kappa shape index (κ3) is 2.29. The molecule has 1 aliphatic heterocycles. The first kappa shape index (κ1) is 15.9. The molecule has 1 aliphatic rings. The third-order valence-electron chi connectivity index (χ3n) is 3.76. The van der Waals surface area contributed by atoms with Crippen LogP contribution in [0.2, 0.25) is 0 Å². The predicted octanol–water partition coefficient (Wildman–Crippen LogP) is 0.809. The first-order valence-electron chi connectivity index (χ1n) is 6.84. The molecule has 0 bridgehead atoms. The molecule has 0 radical (unpaired) electrons. The predicted molar refractivity (Wildman–Crippen MR) is 79.3 cm³/mol. The largest absolute Gasteiger partial charge is 0.507 e. The van der Waals surface area contributed by atoms with Gasteiger partial charge in [-0.3, -0.25) is 4.79 Å². The minimum atomic E-state index is -2.98. The van der Waals surface area contributed by atoms with E-state index in [9.17, 15) is 30.3 Å². The normalized spacial score (nSPS) is 18.6. The Kier molecular flexibility index (Phi) is 3.51. The maximum Gasteiger partial charge on any atom is 0.271 e. The highest BCUT2D eigenvalue weighted by Crippen LogP contribution is 2.46. The molecule has 0 spiro atoms. The molecular weight excluding hydrogens is 320 g/mol. The van der Waals surface area contributed by atoms with Gasteiger partial charge in [-0.05, 0) is 12.1 Å². The first-order valence-corrected chi connectivity index (χ1v) is 6.84. The topological polar surface area (TPSA) is 137 Å². The fourth-order valence-corrected chi connectivity index (χ4v) is 2.53. The van der Waals surface area contributed by atoms with Crippen molar-refractivity contribution in [2.45, 2.75) is 11.9 Å². The first-order chi connectivity index (χ1) is 11.3. The summed E-state index contributed by atoms with van der Waals surface area (Å²) >= 11 is 0. The lowest BCUT2D eigenvalue weighted by Gasteiger charge is -2.35. The number of phenolic OH excluding ortho intramolecular Hbond substituents is 3. The molecule has 8 heteroatoms. The van der Waals surface area contributed by atoms with Crippen LogP contribution >= 0.6 is 0 Å². The number of carbonyl (C=O) groups is 1. The van der Waals surface area contributed by atoms with Gasteiger partial charge in [-0.1, -0.05) is 6.07 Å². The Bertz CT molecular complexity index is 827. The zero-order chi connectivity index (χ0) is 17.6. The van der Waals surface area contributed by atoms with Crippen molar-refractivity contribution < 1.29 is 39.8 Å². The van der Waals surface area contributed by atoms with Crippen molar-refractivity contribution in [2.75, 3.05) is 7.11 Å². The molecule has 24 heavy (non-hydrogen) atoms. The van der Waals surface area contributed by atoms with Crippen LogP contribution in [0.1, 0.15) is 22.0 Å². The molecule has 0 saturated carbocycles. The number of phenols is 3. The van der Waals surface area contributed by atoms with Gasteiger partial charge in [0.2, 0.25) is 5.78 Å². The number of benzene rings is 2. The molecule has 0 aromatic heterocycles. The van der Waals surface area contributed by atoms with Gasteiger partial charge >= 0.3 is 0 Å². The lowest BCUT2D eigenvalue weighted by Crippen LogP contribution is -2.49. The van der Waals surface area contributed by atoms with Crippen molar-refractivity contribution in [3.05, 3.63) is 41.5 Å². The number of ketones is 1. The van der Waals surface area contributed by atoms with Crippen LogP contribution in [0.15, 0.2) is 30.3 Å². The Balaban J connectivity index is 2.15. The maximum absolute atomic E-state index is 12.4. The zero-order valence-electron chi connectivity index (χ0n) is 12.4. The molecule has 0 saturated heterocycles. The summed E-state index contributed by atoms with van der Waals surface area (Å²) in [7, 11) is 1.35. The fraction of sp³-hybridized carbons (Fsp3) is 0.188. The molecule has 126 valence electrons. The van der Waals surface area contributed by atoms with E-state index in [0.29, 0.717) is 0 Å². The highest BCUT2D eigenvalue weighted by molar-refractivity contribution is 6.07. The lowest BCUT2D eigenvalue weighted by molar-refractivity contribution is -0.186. The Hall–Kier alpha value is -2.97. The summed E-state index contributed by atoms with van der Waals surface area (Å²) < 4.78 is 10.4. The SMILES string of the molecule is COc1cc(O)c2c(c1)OC(c1ccc(O)c(O)c1)C(O)(O)C2=O. The Morgan fingerprint density at radius 3 is 2.38 bits per heavy atom. The van der Waals surface area contributed by atoms with E-state index in [4.69, 9.17) is 9.47 Å². The van der Waals surface area contributed by atoms with Crippen LogP contribution in [0, 0.1) is 0 Å². The molecule has 3 rings (SSSR count). The highest BCUT2D eigenvalue weighted by atomic mass is 16.6. The second-order valence-corrected chi connectivity index (χ2v) is 5.32. The van der Waals surface area contributed by atoms with Gasteiger partial charge in [0.15, 0.2) is 17.6 Å². The second kappa shape index (κ2) is 5.29. The van der Waals surface area contributed by atoms with Gasteiger partial charge in [0.1, 0.15) is 22.8 Å². The van der Waals surface area contributed by atoms with Crippen molar-refractivity contribution in [2.24, 2.45) is 0 Å². The van der Waals surface area contributed by atoms with Gasteiger partial charge < -0.3 is 35.0 Å². The van der Waals surface area contributed by atoms with Crippen LogP contribution in [-0.4, -0.2) is 44.2 Å². The standard InChI is InChI=1S/C16H14O8/c1-23-8-5-11(19)13-12(6-8)24-15(16(21,22)14(13)20)7-2-3-9(17)10(18)4-7/h2-6,15,17-19,21-22H,1H3. The van der Waals surface area contributed by atoms with Gasteiger partial charge in [-0.15, -0.1) is 0 Å². The number of hydrogen-bond donors (Lipinski definition) is 5. The van der Waals surface area contributed by atoms with Crippen molar-refractivity contribution in [1.82, 2.24) is 0 Å². The lowest BCUT2D eigenvalue weighted by atomic mass is 9.89. The molecule has 8 nitrogen and oxygen atoms in total. The molecule has 0 amide bonds. The molecule has 0 aliphatic carbocycles. The fourth-order valence-electron chi connectivity index (χ4n) is 2.53. The number of aliphatic hydroxyl groups is 2. The maximum atomic E-state index is 12.4. The van der Waals surface area contributed by atoms with E-state index in [1.807, 2.05) is 0 Å². The van der Waals surface area contributed by atoms with Gasteiger partial charge in [-0.2, -0.15) is 0 Å². The average Bonchev–Trinajstić information content (AvgIpc) is 2.53. The summed E-state index contributed by atoms with van der Waals surface area (Å²) in [6.45, 7) is 0. The van der Waals surface area contributed by atoms with Crippen LogP contribution in [-0.2, 0) is 0 Å². The zero-order valence-corrected chi connectivity index (χ0v) is 12.4. The number of ether oxygens (including phenoxy) is 2. The van der Waals surface area contributed by atoms with Crippen molar-refractivity contribution in [3.63, 3.8) is 0 Å². The van der Waals surface area contributed by atoms with E-state index in [1.165, 1.54) is 19.2 Å². The van der Waals surface area contributed by atoms with Gasteiger partial charge in [-0.25, -0.2) is 0 Å². The summed E-state index contributed by atoms with van der Waals surface area (Å²) in [5.41, 5.74) is -0.350. The summed E-state index contributed by atoms with van der Waals surface area (Å²) in [5.74, 6) is -5.50. The number of methoxy groups -OCH3 is 1. The smallest absolute Gasteiger partial charge is 0.271 e. The number of rotatable bonds is 2.